The Bertz CT molecular complexity index is 502. The van der Waals surface area contributed by atoms with Gasteiger partial charge in [0.25, 0.3) is 5.92 Å². The summed E-state index contributed by atoms with van der Waals surface area (Å²) in [6.45, 7) is 4.49. The molecule has 0 spiro atoms. The second kappa shape index (κ2) is 4.54. The van der Waals surface area contributed by atoms with Crippen molar-refractivity contribution < 1.29 is 13.6 Å². The number of hydrogen-bond donors (Lipinski definition) is 0. The molecule has 6 atom stereocenters. The first-order valence-corrected chi connectivity index (χ1v) is 9.16. The molecule has 4 fully saturated rings. The fourth-order valence-corrected chi connectivity index (χ4v) is 6.94. The van der Waals surface area contributed by atoms with E-state index in [1.807, 2.05) is 0 Å². The van der Waals surface area contributed by atoms with Crippen LogP contribution in [0.3, 0.4) is 0 Å². The highest BCUT2D eigenvalue weighted by atomic mass is 19.3. The van der Waals surface area contributed by atoms with E-state index < -0.39 is 11.8 Å². The zero-order valence-electron chi connectivity index (χ0n) is 13.8. The maximum absolute atomic E-state index is 15.1. The van der Waals surface area contributed by atoms with Crippen molar-refractivity contribution in [2.75, 3.05) is 0 Å². The average Bonchev–Trinajstić information content (AvgIpc) is 2.82. The summed E-state index contributed by atoms with van der Waals surface area (Å²) in [5.74, 6) is -2.54. The van der Waals surface area contributed by atoms with Gasteiger partial charge < -0.3 is 0 Å². The molecule has 0 aromatic carbocycles. The third-order valence-corrected chi connectivity index (χ3v) is 8.25. The Morgan fingerprint density at radius 2 is 1.82 bits per heavy atom. The number of ketones is 1. The summed E-state index contributed by atoms with van der Waals surface area (Å²) in [6.07, 6.45) is 7.14. The fourth-order valence-electron chi connectivity index (χ4n) is 6.94. The lowest BCUT2D eigenvalue weighted by molar-refractivity contribution is -0.227. The molecule has 4 saturated carbocycles. The Kier molecular flexibility index (Phi) is 3.11. The van der Waals surface area contributed by atoms with Crippen molar-refractivity contribution in [3.05, 3.63) is 0 Å². The predicted octanol–water partition coefficient (Wildman–Crippen LogP) is 5.23. The van der Waals surface area contributed by atoms with Crippen LogP contribution in [0.2, 0.25) is 0 Å². The van der Waals surface area contributed by atoms with Crippen LogP contribution in [0.1, 0.15) is 71.6 Å². The standard InChI is InChI=1S/C19H28F2O/c1-17-7-3-4-14(17)16-15(6-8-17)18(2)9-5-13(22)10-12(18)11-19(16,20)21/h12,14-16H,3-11H2,1-2H3/t12-,14-,15+,16-,17-,18-/m1/s1. The Hall–Kier alpha value is -0.470. The van der Waals surface area contributed by atoms with Gasteiger partial charge in [0.15, 0.2) is 0 Å². The van der Waals surface area contributed by atoms with E-state index in [9.17, 15) is 4.79 Å². The number of alkyl halides is 2. The molecule has 0 unspecified atom stereocenters. The second-order valence-electron chi connectivity index (χ2n) is 9.23. The molecule has 22 heavy (non-hydrogen) atoms. The Morgan fingerprint density at radius 1 is 1.05 bits per heavy atom. The number of halogens is 2. The summed E-state index contributed by atoms with van der Waals surface area (Å²) in [5, 5.41) is 0. The molecular weight excluding hydrogens is 282 g/mol. The van der Waals surface area contributed by atoms with E-state index in [0.29, 0.717) is 12.8 Å². The molecule has 0 saturated heterocycles. The van der Waals surface area contributed by atoms with Crippen molar-refractivity contribution in [1.82, 2.24) is 0 Å². The highest BCUT2D eigenvalue weighted by molar-refractivity contribution is 5.79. The van der Waals surface area contributed by atoms with Crippen LogP contribution < -0.4 is 0 Å². The van der Waals surface area contributed by atoms with Crippen LogP contribution in [0.15, 0.2) is 0 Å². The third kappa shape index (κ3) is 1.89. The van der Waals surface area contributed by atoms with E-state index in [1.54, 1.807) is 0 Å². The van der Waals surface area contributed by atoms with Crippen LogP contribution in [0.5, 0.6) is 0 Å². The summed E-state index contributed by atoms with van der Waals surface area (Å²) < 4.78 is 30.2. The first kappa shape index (κ1) is 15.1. The van der Waals surface area contributed by atoms with Crippen molar-refractivity contribution in [1.29, 1.82) is 0 Å². The zero-order chi connectivity index (χ0) is 15.8. The lowest BCUT2D eigenvalue weighted by atomic mass is 9.44. The number of Topliss-reactive ketones (excluding diaryl/α,β-unsaturated/α-hetero) is 1. The summed E-state index contributed by atoms with van der Waals surface area (Å²) in [6, 6.07) is 0. The van der Waals surface area contributed by atoms with E-state index in [1.165, 1.54) is 0 Å². The minimum Gasteiger partial charge on any atom is -0.300 e. The molecule has 124 valence electrons. The van der Waals surface area contributed by atoms with Crippen molar-refractivity contribution in [2.45, 2.75) is 77.6 Å². The zero-order valence-corrected chi connectivity index (χ0v) is 13.8. The van der Waals surface area contributed by atoms with Crippen LogP contribution in [-0.4, -0.2) is 11.7 Å². The highest BCUT2D eigenvalue weighted by Crippen LogP contribution is 2.69. The normalized spacial score (nSPS) is 53.5. The number of rotatable bonds is 0. The van der Waals surface area contributed by atoms with Gasteiger partial charge in [0.2, 0.25) is 0 Å². The molecule has 3 heteroatoms. The van der Waals surface area contributed by atoms with E-state index in [2.05, 4.69) is 13.8 Å². The van der Waals surface area contributed by atoms with Gasteiger partial charge in [-0.25, -0.2) is 8.78 Å². The quantitative estimate of drug-likeness (QED) is 0.598. The molecule has 0 amide bonds. The molecular formula is C19H28F2O. The highest BCUT2D eigenvalue weighted by Gasteiger charge is 2.66. The first-order valence-electron chi connectivity index (χ1n) is 9.16. The molecule has 0 aromatic heterocycles. The number of hydrogen-bond acceptors (Lipinski definition) is 1. The van der Waals surface area contributed by atoms with Crippen LogP contribution in [0.25, 0.3) is 0 Å². The van der Waals surface area contributed by atoms with Crippen molar-refractivity contribution in [3.8, 4) is 0 Å². The number of carbonyl (C=O) groups excluding carboxylic acids is 1. The van der Waals surface area contributed by atoms with E-state index in [0.717, 1.165) is 38.5 Å². The monoisotopic (exact) mass is 310 g/mol. The van der Waals surface area contributed by atoms with E-state index in [-0.39, 0.29) is 40.8 Å². The second-order valence-corrected chi connectivity index (χ2v) is 9.23. The molecule has 0 bridgehead atoms. The SMILES string of the molecule is C[C@]12CCC[C@@H]1[C@@H]1[C@H](CC2)[C@]2(C)CCC(=O)C[C@@H]2CC1(F)F. The maximum atomic E-state index is 15.1. The molecule has 4 aliphatic rings. The van der Waals surface area contributed by atoms with Gasteiger partial charge in [-0.05, 0) is 60.7 Å². The predicted molar refractivity (Wildman–Crippen MR) is 81.7 cm³/mol. The van der Waals surface area contributed by atoms with Gasteiger partial charge in [-0.1, -0.05) is 20.3 Å². The Balaban J connectivity index is 1.74. The van der Waals surface area contributed by atoms with Gasteiger partial charge in [0.05, 0.1) is 0 Å². The van der Waals surface area contributed by atoms with Crippen LogP contribution >= 0.6 is 0 Å². The average molecular weight is 310 g/mol. The summed E-state index contributed by atoms with van der Waals surface area (Å²) in [5.41, 5.74) is 0.127. The molecule has 0 aromatic rings. The van der Waals surface area contributed by atoms with Gasteiger partial charge in [-0.2, -0.15) is 0 Å². The largest absolute Gasteiger partial charge is 0.300 e. The smallest absolute Gasteiger partial charge is 0.251 e. The van der Waals surface area contributed by atoms with Gasteiger partial charge in [0, 0.05) is 25.2 Å². The van der Waals surface area contributed by atoms with Crippen molar-refractivity contribution in [3.63, 3.8) is 0 Å². The van der Waals surface area contributed by atoms with Gasteiger partial charge in [-0.15, -0.1) is 0 Å². The van der Waals surface area contributed by atoms with Gasteiger partial charge in [0.1, 0.15) is 5.78 Å². The van der Waals surface area contributed by atoms with E-state index >= 15 is 8.78 Å². The molecule has 4 aliphatic carbocycles. The summed E-state index contributed by atoms with van der Waals surface area (Å²) in [4.78, 5) is 11.8. The van der Waals surface area contributed by atoms with Gasteiger partial charge >= 0.3 is 0 Å². The van der Waals surface area contributed by atoms with Crippen LogP contribution in [0.4, 0.5) is 8.78 Å². The minimum atomic E-state index is -2.57. The molecule has 1 nitrogen and oxygen atoms in total. The molecule has 0 radical (unpaired) electrons. The van der Waals surface area contributed by atoms with Crippen molar-refractivity contribution in [2.24, 2.45) is 34.5 Å². The van der Waals surface area contributed by atoms with Crippen LogP contribution in [0, 0.1) is 34.5 Å². The van der Waals surface area contributed by atoms with Gasteiger partial charge in [-0.3, -0.25) is 4.79 Å². The Morgan fingerprint density at radius 3 is 2.59 bits per heavy atom. The Labute approximate surface area is 132 Å². The fraction of sp³-hybridized carbons (Fsp3) is 0.947. The summed E-state index contributed by atoms with van der Waals surface area (Å²) >= 11 is 0. The number of carbonyl (C=O) groups is 1. The molecule has 0 aliphatic heterocycles. The molecule has 0 heterocycles. The van der Waals surface area contributed by atoms with E-state index in [4.69, 9.17) is 0 Å². The first-order chi connectivity index (χ1) is 10.3. The number of fused-ring (bicyclic) bond motifs is 5. The topological polar surface area (TPSA) is 17.1 Å². The van der Waals surface area contributed by atoms with Crippen molar-refractivity contribution >= 4 is 5.78 Å². The maximum Gasteiger partial charge on any atom is 0.251 e. The lowest BCUT2D eigenvalue weighted by Gasteiger charge is -2.61. The molecule has 0 N–H and O–H groups in total. The third-order valence-electron chi connectivity index (χ3n) is 8.25. The molecule has 4 rings (SSSR count). The lowest BCUT2D eigenvalue weighted by Crippen LogP contribution is -2.60. The minimum absolute atomic E-state index is 0.0236. The summed E-state index contributed by atoms with van der Waals surface area (Å²) in [7, 11) is 0. The van der Waals surface area contributed by atoms with Crippen LogP contribution in [-0.2, 0) is 4.79 Å².